The number of rotatable bonds is 3. The summed E-state index contributed by atoms with van der Waals surface area (Å²) in [5.74, 6) is 1.31. The molecule has 0 bridgehead atoms. The molecule has 1 saturated heterocycles. The van der Waals surface area contributed by atoms with E-state index in [4.69, 9.17) is 11.5 Å². The van der Waals surface area contributed by atoms with Crippen molar-refractivity contribution in [2.75, 3.05) is 23.7 Å². The van der Waals surface area contributed by atoms with Gasteiger partial charge in [-0.3, -0.25) is 4.79 Å². The number of carbonyl (C=O) groups is 1. The zero-order chi connectivity index (χ0) is 14.2. The smallest absolute Gasteiger partial charge is 0.225 e. The van der Waals surface area contributed by atoms with Gasteiger partial charge in [0.15, 0.2) is 0 Å². The SMILES string of the molecule is CC(C)c1c(N)ncnc1N1CCC(C)(C(N)=O)C1. The van der Waals surface area contributed by atoms with E-state index in [9.17, 15) is 4.79 Å². The number of hydrogen-bond donors (Lipinski definition) is 2. The molecule has 0 aromatic carbocycles. The van der Waals surface area contributed by atoms with Crippen LogP contribution < -0.4 is 16.4 Å². The molecule has 4 N–H and O–H groups in total. The minimum atomic E-state index is -0.492. The highest BCUT2D eigenvalue weighted by atomic mass is 16.1. The van der Waals surface area contributed by atoms with Gasteiger partial charge in [0.2, 0.25) is 5.91 Å². The first-order valence-corrected chi connectivity index (χ1v) is 6.50. The maximum Gasteiger partial charge on any atom is 0.225 e. The van der Waals surface area contributed by atoms with Crippen molar-refractivity contribution in [1.29, 1.82) is 0 Å². The highest BCUT2D eigenvalue weighted by molar-refractivity contribution is 5.82. The van der Waals surface area contributed by atoms with Crippen molar-refractivity contribution < 1.29 is 4.79 Å². The van der Waals surface area contributed by atoms with Gasteiger partial charge in [-0.1, -0.05) is 13.8 Å². The quantitative estimate of drug-likeness (QED) is 0.843. The van der Waals surface area contributed by atoms with Gasteiger partial charge in [0.25, 0.3) is 0 Å². The third-order valence-corrected chi connectivity index (χ3v) is 3.84. The number of hydrogen-bond acceptors (Lipinski definition) is 5. The lowest BCUT2D eigenvalue weighted by Crippen LogP contribution is -2.37. The Labute approximate surface area is 113 Å². The Morgan fingerprint density at radius 3 is 2.68 bits per heavy atom. The Kier molecular flexibility index (Phi) is 3.34. The second-order valence-electron chi connectivity index (χ2n) is 5.75. The number of anilines is 2. The van der Waals surface area contributed by atoms with E-state index in [1.165, 1.54) is 6.33 Å². The number of aromatic nitrogens is 2. The van der Waals surface area contributed by atoms with E-state index >= 15 is 0 Å². The average Bonchev–Trinajstić information content (AvgIpc) is 2.72. The molecule has 1 aliphatic rings. The number of nitrogens with zero attached hydrogens (tertiary/aromatic N) is 3. The van der Waals surface area contributed by atoms with Crippen LogP contribution in [0.5, 0.6) is 0 Å². The molecule has 1 aliphatic heterocycles. The summed E-state index contributed by atoms with van der Waals surface area (Å²) in [5.41, 5.74) is 11.9. The van der Waals surface area contributed by atoms with Crippen molar-refractivity contribution in [2.24, 2.45) is 11.1 Å². The van der Waals surface area contributed by atoms with Crippen LogP contribution in [-0.4, -0.2) is 29.0 Å². The van der Waals surface area contributed by atoms with Gasteiger partial charge >= 0.3 is 0 Å². The zero-order valence-corrected chi connectivity index (χ0v) is 11.7. The molecule has 1 atom stereocenters. The molecule has 6 nitrogen and oxygen atoms in total. The van der Waals surface area contributed by atoms with Gasteiger partial charge in [0.05, 0.1) is 5.41 Å². The highest BCUT2D eigenvalue weighted by Crippen LogP contribution is 2.36. The molecule has 0 spiro atoms. The monoisotopic (exact) mass is 263 g/mol. The molecule has 19 heavy (non-hydrogen) atoms. The molecule has 2 heterocycles. The first-order valence-electron chi connectivity index (χ1n) is 6.50. The van der Waals surface area contributed by atoms with Crippen molar-refractivity contribution >= 4 is 17.5 Å². The summed E-state index contributed by atoms with van der Waals surface area (Å²) < 4.78 is 0. The van der Waals surface area contributed by atoms with E-state index in [1.54, 1.807) is 0 Å². The van der Waals surface area contributed by atoms with Crippen LogP contribution >= 0.6 is 0 Å². The lowest BCUT2D eigenvalue weighted by Gasteiger charge is -2.25. The summed E-state index contributed by atoms with van der Waals surface area (Å²) in [6.45, 7) is 7.35. The van der Waals surface area contributed by atoms with Crippen molar-refractivity contribution in [2.45, 2.75) is 33.1 Å². The Morgan fingerprint density at radius 2 is 2.16 bits per heavy atom. The maximum absolute atomic E-state index is 11.5. The molecule has 0 saturated carbocycles. The van der Waals surface area contributed by atoms with Gasteiger partial charge in [0, 0.05) is 18.7 Å². The predicted molar refractivity (Wildman–Crippen MR) is 74.7 cm³/mol. The Hall–Kier alpha value is -1.85. The molecule has 2 rings (SSSR count). The van der Waals surface area contributed by atoms with Crippen LogP contribution in [0.2, 0.25) is 0 Å². The summed E-state index contributed by atoms with van der Waals surface area (Å²) in [4.78, 5) is 22.0. The predicted octanol–water partition coefficient (Wildman–Crippen LogP) is 0.884. The molecule has 1 aromatic heterocycles. The Bertz CT molecular complexity index is 502. The molecular formula is C13H21N5O. The van der Waals surface area contributed by atoms with Gasteiger partial charge < -0.3 is 16.4 Å². The van der Waals surface area contributed by atoms with Crippen LogP contribution in [0.1, 0.15) is 38.7 Å². The number of primary amides is 1. The second-order valence-corrected chi connectivity index (χ2v) is 5.75. The highest BCUT2D eigenvalue weighted by Gasteiger charge is 2.40. The van der Waals surface area contributed by atoms with E-state index in [1.807, 2.05) is 6.92 Å². The summed E-state index contributed by atoms with van der Waals surface area (Å²) in [6, 6.07) is 0. The van der Waals surface area contributed by atoms with Crippen LogP contribution in [0.15, 0.2) is 6.33 Å². The molecule has 1 unspecified atom stereocenters. The maximum atomic E-state index is 11.5. The number of nitrogens with two attached hydrogens (primary N) is 2. The van der Waals surface area contributed by atoms with Crippen LogP contribution in [0.25, 0.3) is 0 Å². The number of carbonyl (C=O) groups excluding carboxylic acids is 1. The first kappa shape index (κ1) is 13.6. The third-order valence-electron chi connectivity index (χ3n) is 3.84. The van der Waals surface area contributed by atoms with Crippen LogP contribution in [0.3, 0.4) is 0 Å². The fourth-order valence-corrected chi connectivity index (χ4v) is 2.55. The number of nitrogen functional groups attached to an aromatic ring is 1. The fraction of sp³-hybridized carbons (Fsp3) is 0.615. The lowest BCUT2D eigenvalue weighted by atomic mass is 9.89. The molecule has 0 aliphatic carbocycles. The molecular weight excluding hydrogens is 242 g/mol. The normalized spacial score (nSPS) is 23.1. The molecule has 1 amide bonds. The molecule has 1 aromatic rings. The topological polar surface area (TPSA) is 98.1 Å². The summed E-state index contributed by atoms with van der Waals surface area (Å²) in [6.07, 6.45) is 2.21. The van der Waals surface area contributed by atoms with Crippen molar-refractivity contribution in [3.05, 3.63) is 11.9 Å². The Balaban J connectivity index is 2.35. The van der Waals surface area contributed by atoms with Crippen molar-refractivity contribution in [3.63, 3.8) is 0 Å². The third kappa shape index (κ3) is 2.34. The fourth-order valence-electron chi connectivity index (χ4n) is 2.55. The van der Waals surface area contributed by atoms with Gasteiger partial charge in [-0.15, -0.1) is 0 Å². The molecule has 1 fully saturated rings. The van der Waals surface area contributed by atoms with E-state index in [-0.39, 0.29) is 11.8 Å². The second kappa shape index (κ2) is 4.68. The first-order chi connectivity index (χ1) is 8.85. The minimum absolute atomic E-state index is 0.233. The van der Waals surface area contributed by atoms with E-state index in [0.717, 1.165) is 24.3 Å². The van der Waals surface area contributed by atoms with Gasteiger partial charge in [-0.05, 0) is 19.3 Å². The van der Waals surface area contributed by atoms with Gasteiger partial charge in [0.1, 0.15) is 18.0 Å². The van der Waals surface area contributed by atoms with E-state index < -0.39 is 5.41 Å². The van der Waals surface area contributed by atoms with Gasteiger partial charge in [-0.2, -0.15) is 0 Å². The summed E-state index contributed by atoms with van der Waals surface area (Å²) >= 11 is 0. The summed E-state index contributed by atoms with van der Waals surface area (Å²) in [7, 11) is 0. The van der Waals surface area contributed by atoms with Crippen LogP contribution in [-0.2, 0) is 4.79 Å². The molecule has 104 valence electrons. The van der Waals surface area contributed by atoms with E-state index in [0.29, 0.717) is 12.4 Å². The van der Waals surface area contributed by atoms with Crippen molar-refractivity contribution in [3.8, 4) is 0 Å². The average molecular weight is 263 g/mol. The standard InChI is InChI=1S/C13H21N5O/c1-8(2)9-10(14)16-7-17-11(9)18-5-4-13(3,6-18)12(15)19/h7-8H,4-6H2,1-3H3,(H2,15,19)(H2,14,16,17). The van der Waals surface area contributed by atoms with E-state index in [2.05, 4.69) is 28.7 Å². The van der Waals surface area contributed by atoms with Crippen LogP contribution in [0, 0.1) is 5.41 Å². The lowest BCUT2D eigenvalue weighted by molar-refractivity contribution is -0.125. The number of amides is 1. The summed E-state index contributed by atoms with van der Waals surface area (Å²) in [5, 5.41) is 0. The Morgan fingerprint density at radius 1 is 1.47 bits per heavy atom. The zero-order valence-electron chi connectivity index (χ0n) is 11.7. The van der Waals surface area contributed by atoms with Gasteiger partial charge in [-0.25, -0.2) is 9.97 Å². The minimum Gasteiger partial charge on any atom is -0.383 e. The van der Waals surface area contributed by atoms with Crippen LogP contribution in [0.4, 0.5) is 11.6 Å². The molecule has 0 radical (unpaired) electrons. The molecule has 6 heteroatoms. The van der Waals surface area contributed by atoms with Crippen molar-refractivity contribution in [1.82, 2.24) is 9.97 Å². The largest absolute Gasteiger partial charge is 0.383 e.